The van der Waals surface area contributed by atoms with Gasteiger partial charge in [-0.15, -0.1) is 0 Å². The Morgan fingerprint density at radius 1 is 1.05 bits per heavy atom. The highest BCUT2D eigenvalue weighted by Gasteiger charge is 2.70. The molecule has 194 valence electrons. The largest absolute Gasteiger partial charge is 0.507 e. The average molecular weight is 519 g/mol. The molecule has 2 bridgehead atoms. The molecule has 3 N–H and O–H groups in total. The summed E-state index contributed by atoms with van der Waals surface area (Å²) in [7, 11) is 0. The van der Waals surface area contributed by atoms with Crippen LogP contribution in [0.4, 0.5) is 8.78 Å². The second-order valence-electron chi connectivity index (χ2n) is 10.7. The van der Waals surface area contributed by atoms with E-state index in [1.54, 1.807) is 12.1 Å². The molecule has 4 unspecified atom stereocenters. The van der Waals surface area contributed by atoms with Gasteiger partial charge in [0.15, 0.2) is 17.6 Å². The van der Waals surface area contributed by atoms with Crippen molar-refractivity contribution in [3.05, 3.63) is 88.7 Å². The van der Waals surface area contributed by atoms with Gasteiger partial charge in [-0.25, -0.2) is 13.6 Å². The zero-order chi connectivity index (χ0) is 26.4. The van der Waals surface area contributed by atoms with Crippen molar-refractivity contribution in [2.24, 2.45) is 5.92 Å². The minimum Gasteiger partial charge on any atom is -0.507 e. The highest BCUT2D eigenvalue weighted by Crippen LogP contribution is 2.67. The summed E-state index contributed by atoms with van der Waals surface area (Å²) in [6.45, 7) is 0. The van der Waals surface area contributed by atoms with Crippen LogP contribution in [0.25, 0.3) is 11.1 Å². The molecule has 6 nitrogen and oxygen atoms in total. The number of hydrogen-bond donors (Lipinski definition) is 3. The number of phenols is 2. The lowest BCUT2D eigenvalue weighted by Gasteiger charge is -2.59. The van der Waals surface area contributed by atoms with Gasteiger partial charge >= 0.3 is 5.97 Å². The molecule has 0 radical (unpaired) electrons. The molecule has 1 heterocycles. The van der Waals surface area contributed by atoms with Crippen molar-refractivity contribution in [3.63, 3.8) is 0 Å². The van der Waals surface area contributed by atoms with E-state index in [4.69, 9.17) is 9.47 Å². The summed E-state index contributed by atoms with van der Waals surface area (Å²) in [6.07, 6.45) is 4.08. The fourth-order valence-corrected chi connectivity index (χ4v) is 7.28. The Hall–Kier alpha value is -3.91. The van der Waals surface area contributed by atoms with Crippen LogP contribution in [0.15, 0.2) is 60.4 Å². The third-order valence-electron chi connectivity index (χ3n) is 8.93. The average Bonchev–Trinajstić information content (AvgIpc) is 3.23. The van der Waals surface area contributed by atoms with E-state index < -0.39 is 34.7 Å². The van der Waals surface area contributed by atoms with E-state index in [1.807, 2.05) is 6.07 Å². The highest BCUT2D eigenvalue weighted by atomic mass is 19.1. The minimum atomic E-state index is -1.11. The number of benzene rings is 3. The maximum atomic E-state index is 14.4. The first-order valence-corrected chi connectivity index (χ1v) is 12.7. The summed E-state index contributed by atoms with van der Waals surface area (Å²) in [5.41, 5.74) is -0.0419. The quantitative estimate of drug-likeness (QED) is 0.409. The summed E-state index contributed by atoms with van der Waals surface area (Å²) in [6, 6.07) is 10.5. The lowest BCUT2D eigenvalue weighted by molar-refractivity contribution is -0.149. The van der Waals surface area contributed by atoms with Crippen LogP contribution in [0.5, 0.6) is 17.2 Å². The number of esters is 1. The Morgan fingerprint density at radius 2 is 1.87 bits per heavy atom. The van der Waals surface area contributed by atoms with Crippen LogP contribution in [0.1, 0.15) is 47.2 Å². The van der Waals surface area contributed by atoms with Gasteiger partial charge in [0.05, 0.1) is 11.0 Å². The fourth-order valence-electron chi connectivity index (χ4n) is 7.28. The Kier molecular flexibility index (Phi) is 4.77. The van der Waals surface area contributed by atoms with Crippen LogP contribution in [-0.2, 0) is 16.6 Å². The van der Waals surface area contributed by atoms with Gasteiger partial charge in [-0.2, -0.15) is 0 Å². The molecule has 1 fully saturated rings. The molecule has 3 aliphatic carbocycles. The van der Waals surface area contributed by atoms with Crippen LogP contribution < -0.4 is 4.74 Å². The molecule has 8 heteroatoms. The highest BCUT2D eigenvalue weighted by molar-refractivity contribution is 5.94. The van der Waals surface area contributed by atoms with Crippen LogP contribution in [0.2, 0.25) is 0 Å². The van der Waals surface area contributed by atoms with Crippen molar-refractivity contribution in [2.75, 3.05) is 0 Å². The Morgan fingerprint density at radius 3 is 2.68 bits per heavy atom. The molecular weight excluding hydrogens is 494 g/mol. The van der Waals surface area contributed by atoms with Gasteiger partial charge in [-0.3, -0.25) is 0 Å². The maximum absolute atomic E-state index is 14.4. The monoisotopic (exact) mass is 518 g/mol. The molecule has 0 amide bonds. The first-order valence-electron chi connectivity index (χ1n) is 12.7. The SMILES string of the molecule is O=C(OC1=CCC2(O)C3CCCC24c2c(ccc(O)c2OC14)C3)c1cc(-c2ccc(F)cc2F)ccc1O. The predicted molar refractivity (Wildman–Crippen MR) is 132 cm³/mol. The normalized spacial score (nSPS) is 28.2. The molecular formula is C30H24F2O6. The van der Waals surface area contributed by atoms with Gasteiger partial charge in [0.1, 0.15) is 28.7 Å². The van der Waals surface area contributed by atoms with Gasteiger partial charge < -0.3 is 24.8 Å². The van der Waals surface area contributed by atoms with Gasteiger partial charge in [-0.1, -0.05) is 18.6 Å². The van der Waals surface area contributed by atoms with Crippen molar-refractivity contribution in [1.29, 1.82) is 0 Å². The molecule has 0 saturated heterocycles. The summed E-state index contributed by atoms with van der Waals surface area (Å²) < 4.78 is 39.9. The van der Waals surface area contributed by atoms with Gasteiger partial charge in [0.25, 0.3) is 0 Å². The molecule has 3 aromatic carbocycles. The third-order valence-corrected chi connectivity index (χ3v) is 8.93. The van der Waals surface area contributed by atoms with Crippen molar-refractivity contribution >= 4 is 5.97 Å². The molecule has 1 spiro atoms. The Bertz CT molecular complexity index is 1560. The number of carbonyl (C=O) groups excluding carboxylic acids is 1. The fraction of sp³-hybridized carbons (Fsp3) is 0.300. The summed E-state index contributed by atoms with van der Waals surface area (Å²) >= 11 is 0. The molecule has 1 saturated carbocycles. The molecule has 7 rings (SSSR count). The Balaban J connectivity index is 1.27. The molecule has 0 aromatic heterocycles. The number of aromatic hydroxyl groups is 2. The molecule has 3 aromatic rings. The maximum Gasteiger partial charge on any atom is 0.347 e. The number of aliphatic hydroxyl groups is 1. The van der Waals surface area contributed by atoms with Crippen molar-refractivity contribution in [3.8, 4) is 28.4 Å². The number of phenolic OH excluding ortho intramolecular Hbond substituents is 2. The minimum absolute atomic E-state index is 0.00479. The predicted octanol–water partition coefficient (Wildman–Crippen LogP) is 5.27. The van der Waals surface area contributed by atoms with Gasteiger partial charge in [0.2, 0.25) is 0 Å². The third kappa shape index (κ3) is 2.92. The molecule has 38 heavy (non-hydrogen) atoms. The number of carbonyl (C=O) groups is 1. The summed E-state index contributed by atoms with van der Waals surface area (Å²) in [4.78, 5) is 13.4. The van der Waals surface area contributed by atoms with Crippen molar-refractivity contribution in [1.82, 2.24) is 0 Å². The zero-order valence-electron chi connectivity index (χ0n) is 20.2. The lowest BCUT2D eigenvalue weighted by Crippen LogP contribution is -2.67. The van der Waals surface area contributed by atoms with E-state index in [9.17, 15) is 28.9 Å². The van der Waals surface area contributed by atoms with Crippen molar-refractivity contribution < 1.29 is 38.4 Å². The lowest BCUT2D eigenvalue weighted by atomic mass is 9.47. The van der Waals surface area contributed by atoms with E-state index in [-0.39, 0.29) is 46.3 Å². The number of rotatable bonds is 3. The van der Waals surface area contributed by atoms with E-state index in [2.05, 4.69) is 0 Å². The second kappa shape index (κ2) is 7.80. The van der Waals surface area contributed by atoms with E-state index in [0.717, 1.165) is 36.1 Å². The second-order valence-corrected chi connectivity index (χ2v) is 10.7. The Labute approximate surface area is 216 Å². The zero-order valence-corrected chi connectivity index (χ0v) is 20.2. The molecule has 4 atom stereocenters. The molecule has 1 aliphatic heterocycles. The van der Waals surface area contributed by atoms with E-state index >= 15 is 0 Å². The van der Waals surface area contributed by atoms with Crippen LogP contribution in [0.3, 0.4) is 0 Å². The van der Waals surface area contributed by atoms with E-state index in [0.29, 0.717) is 18.6 Å². The van der Waals surface area contributed by atoms with Gasteiger partial charge in [-0.05, 0) is 79.1 Å². The number of ether oxygens (including phenoxy) is 2. The summed E-state index contributed by atoms with van der Waals surface area (Å²) in [5.74, 6) is -2.30. The number of halogens is 2. The topological polar surface area (TPSA) is 96.2 Å². The van der Waals surface area contributed by atoms with Crippen LogP contribution >= 0.6 is 0 Å². The van der Waals surface area contributed by atoms with Crippen LogP contribution in [-0.4, -0.2) is 33.0 Å². The standard InChI is InChI=1S/C30H24F2O6/c31-18-5-6-19(21(32)14-18)15-3-7-22(33)20(13-15)28(35)37-24-9-11-30(36)17-2-1-10-29(30)25-16(12-17)4-8-23(34)26(25)38-27(24)29/h3-9,13-14,17,27,33-34,36H,1-2,10-12H2. The van der Waals surface area contributed by atoms with E-state index in [1.165, 1.54) is 24.3 Å². The number of hydrogen-bond acceptors (Lipinski definition) is 6. The first-order chi connectivity index (χ1) is 18.2. The first kappa shape index (κ1) is 23.2. The smallest absolute Gasteiger partial charge is 0.347 e. The van der Waals surface area contributed by atoms with Crippen molar-refractivity contribution in [2.45, 2.75) is 49.2 Å². The summed E-state index contributed by atoms with van der Waals surface area (Å²) in [5, 5.41) is 33.2. The van der Waals surface area contributed by atoms with Crippen LogP contribution in [0, 0.1) is 17.6 Å². The molecule has 4 aliphatic rings. The van der Waals surface area contributed by atoms with Gasteiger partial charge in [0, 0.05) is 17.2 Å².